The van der Waals surface area contributed by atoms with E-state index in [-0.39, 0.29) is 18.5 Å². The number of benzene rings is 3. The summed E-state index contributed by atoms with van der Waals surface area (Å²) < 4.78 is 20.6. The van der Waals surface area contributed by atoms with E-state index < -0.39 is 6.09 Å². The minimum absolute atomic E-state index is 0.0634. The number of carbonyl (C=O) groups excluding carboxylic acids is 1. The first kappa shape index (κ1) is 24.5. The maximum absolute atomic E-state index is 13.8. The van der Waals surface area contributed by atoms with Crippen molar-refractivity contribution in [1.29, 1.82) is 0 Å². The molecule has 0 saturated heterocycles. The third-order valence-corrected chi connectivity index (χ3v) is 6.87. The molecule has 3 aromatic carbocycles. The third kappa shape index (κ3) is 4.78. The lowest BCUT2D eigenvalue weighted by molar-refractivity contribution is 0.138. The molecule has 0 aliphatic heterocycles. The molecule has 39 heavy (non-hydrogen) atoms. The molecule has 0 amide bonds. The second-order valence-electron chi connectivity index (χ2n) is 9.59. The minimum Gasteiger partial charge on any atom is -0.446 e. The van der Waals surface area contributed by atoms with E-state index in [0.717, 1.165) is 44.2 Å². The summed E-state index contributed by atoms with van der Waals surface area (Å²) in [5.74, 6) is -0.254. The van der Waals surface area contributed by atoms with Gasteiger partial charge in [0, 0.05) is 45.9 Å². The first-order valence-electron chi connectivity index (χ1n) is 12.7. The molecule has 0 aliphatic carbocycles. The van der Waals surface area contributed by atoms with Crippen LogP contribution in [0, 0.1) is 12.7 Å². The molecule has 0 bridgehead atoms. The summed E-state index contributed by atoms with van der Waals surface area (Å²) in [6.07, 6.45) is 5.27. The van der Waals surface area contributed by atoms with Gasteiger partial charge >= 0.3 is 6.09 Å². The highest BCUT2D eigenvalue weighted by atomic mass is 19.1. The summed E-state index contributed by atoms with van der Waals surface area (Å²) in [4.78, 5) is 20.7. The fraction of sp³-hybridized carbons (Fsp3) is 0.129. The molecule has 3 N–H and O–H groups in total. The van der Waals surface area contributed by atoms with Crippen LogP contribution in [-0.2, 0) is 11.2 Å². The van der Waals surface area contributed by atoms with Gasteiger partial charge in [0.1, 0.15) is 12.4 Å². The van der Waals surface area contributed by atoms with Crippen molar-refractivity contribution >= 4 is 27.9 Å². The number of nitrogens with zero attached hydrogens (tertiary/aromatic N) is 3. The Morgan fingerprint density at radius 3 is 2.79 bits per heavy atom. The zero-order chi connectivity index (χ0) is 26.9. The number of nitrogens with two attached hydrogens (primary N) is 1. The highest BCUT2D eigenvalue weighted by molar-refractivity contribution is 5.92. The molecular formula is C31H26FN5O2. The van der Waals surface area contributed by atoms with Gasteiger partial charge in [-0.15, -0.1) is 0 Å². The number of aryl methyl sites for hydroxylation is 1. The van der Waals surface area contributed by atoms with Gasteiger partial charge in [-0.25, -0.2) is 9.18 Å². The zero-order valence-corrected chi connectivity index (χ0v) is 21.3. The van der Waals surface area contributed by atoms with Crippen molar-refractivity contribution in [3.63, 3.8) is 0 Å². The Labute approximate surface area is 224 Å². The summed E-state index contributed by atoms with van der Waals surface area (Å²) in [5, 5.41) is 6.15. The zero-order valence-electron chi connectivity index (χ0n) is 21.3. The number of para-hydroxylation sites is 1. The van der Waals surface area contributed by atoms with Crippen LogP contribution in [0.5, 0.6) is 0 Å². The number of halogens is 1. The molecule has 0 radical (unpaired) electrons. The summed E-state index contributed by atoms with van der Waals surface area (Å²) in [6, 6.07) is 22.1. The van der Waals surface area contributed by atoms with Gasteiger partial charge < -0.3 is 15.5 Å². The summed E-state index contributed by atoms with van der Waals surface area (Å²) in [5.41, 5.74) is 13.0. The highest BCUT2D eigenvalue weighted by Gasteiger charge is 2.17. The van der Waals surface area contributed by atoms with Crippen LogP contribution < -0.4 is 5.73 Å². The number of carbonyl (C=O) groups is 1. The summed E-state index contributed by atoms with van der Waals surface area (Å²) in [6.45, 7) is 1.80. The van der Waals surface area contributed by atoms with Crippen molar-refractivity contribution in [2.75, 3.05) is 6.61 Å². The molecule has 6 aromatic rings. The fourth-order valence-electron chi connectivity index (χ4n) is 4.89. The summed E-state index contributed by atoms with van der Waals surface area (Å²) in [7, 11) is 0. The van der Waals surface area contributed by atoms with Gasteiger partial charge in [-0.3, -0.25) is 4.98 Å². The van der Waals surface area contributed by atoms with Crippen molar-refractivity contribution in [1.82, 2.24) is 19.7 Å². The van der Waals surface area contributed by atoms with E-state index in [0.29, 0.717) is 17.5 Å². The molecule has 8 heteroatoms. The average Bonchev–Trinajstić information content (AvgIpc) is 3.57. The largest absolute Gasteiger partial charge is 0.446 e. The number of aromatic nitrogens is 4. The van der Waals surface area contributed by atoms with Crippen molar-refractivity contribution in [2.24, 2.45) is 5.73 Å². The van der Waals surface area contributed by atoms with Gasteiger partial charge in [0.05, 0.1) is 17.4 Å². The molecule has 7 nitrogen and oxygen atoms in total. The van der Waals surface area contributed by atoms with E-state index in [1.165, 1.54) is 10.7 Å². The predicted molar refractivity (Wildman–Crippen MR) is 150 cm³/mol. The van der Waals surface area contributed by atoms with Crippen LogP contribution in [0.25, 0.3) is 44.2 Å². The number of hydrogen-bond donors (Lipinski definition) is 2. The van der Waals surface area contributed by atoms with Gasteiger partial charge in [-0.1, -0.05) is 30.3 Å². The van der Waals surface area contributed by atoms with Crippen molar-refractivity contribution in [2.45, 2.75) is 19.4 Å². The number of H-pyrrole nitrogens is 1. The number of hydrogen-bond acceptors (Lipinski definition) is 5. The first-order chi connectivity index (χ1) is 19.0. The number of pyridine rings is 1. The van der Waals surface area contributed by atoms with Crippen LogP contribution in [0.15, 0.2) is 91.4 Å². The smallest absolute Gasteiger partial charge is 0.435 e. The Morgan fingerprint density at radius 2 is 1.92 bits per heavy atom. The van der Waals surface area contributed by atoms with Gasteiger partial charge in [0.15, 0.2) is 0 Å². The lowest BCUT2D eigenvalue weighted by atomic mass is 9.97. The van der Waals surface area contributed by atoms with Gasteiger partial charge in [0.2, 0.25) is 0 Å². The molecule has 6 rings (SSSR count). The van der Waals surface area contributed by atoms with E-state index in [2.05, 4.69) is 15.1 Å². The Bertz CT molecular complexity index is 1820. The topological polar surface area (TPSA) is 98.8 Å². The van der Waals surface area contributed by atoms with Gasteiger partial charge in [-0.05, 0) is 72.5 Å². The monoisotopic (exact) mass is 519 g/mol. The maximum Gasteiger partial charge on any atom is 0.435 e. The maximum atomic E-state index is 13.8. The molecule has 194 valence electrons. The van der Waals surface area contributed by atoms with Crippen LogP contribution in [0.4, 0.5) is 9.18 Å². The van der Waals surface area contributed by atoms with E-state index in [1.54, 1.807) is 31.5 Å². The van der Waals surface area contributed by atoms with Crippen LogP contribution in [0.1, 0.15) is 11.1 Å². The number of nitrogens with one attached hydrogen (secondary N) is 1. The van der Waals surface area contributed by atoms with E-state index in [1.807, 2.05) is 60.8 Å². The molecule has 0 fully saturated rings. The fourth-order valence-corrected chi connectivity index (χ4v) is 4.89. The van der Waals surface area contributed by atoms with Crippen LogP contribution in [0.3, 0.4) is 0 Å². The molecule has 0 saturated carbocycles. The Hall–Kier alpha value is -4.82. The third-order valence-electron chi connectivity index (χ3n) is 6.87. The quantitative estimate of drug-likeness (QED) is 0.271. The minimum atomic E-state index is -0.587. The second-order valence-corrected chi connectivity index (χ2v) is 9.59. The van der Waals surface area contributed by atoms with E-state index in [4.69, 9.17) is 10.5 Å². The summed E-state index contributed by atoms with van der Waals surface area (Å²) >= 11 is 0. The average molecular weight is 520 g/mol. The number of fused-ring (bicyclic) bond motifs is 2. The van der Waals surface area contributed by atoms with Crippen molar-refractivity contribution in [3.05, 3.63) is 108 Å². The normalized spacial score (nSPS) is 12.2. The molecular weight excluding hydrogens is 493 g/mol. The lowest BCUT2D eigenvalue weighted by Crippen LogP contribution is -2.31. The Kier molecular flexibility index (Phi) is 6.38. The SMILES string of the molecule is Cc1cc(-c2ncccc2-c2ccc3c(cnn3C(=O)OCC(N)Cc3c[nH]c4ccccc34)c2)ccc1F. The Balaban J connectivity index is 1.19. The number of aromatic amines is 1. The standard InChI is InChI=1S/C31H26FN5O2/c1-19-13-21(8-10-27(19)32)30-26(6-4-12-34-30)20-9-11-29-23(14-20)17-36-37(29)31(38)39-18-24(33)15-22-16-35-28-7-3-2-5-25(22)28/h2-14,16-17,24,35H,15,18,33H2,1H3. The van der Waals surface area contributed by atoms with Gasteiger partial charge in [0.25, 0.3) is 0 Å². The lowest BCUT2D eigenvalue weighted by Gasteiger charge is -2.12. The van der Waals surface area contributed by atoms with Crippen LogP contribution in [0.2, 0.25) is 0 Å². The predicted octanol–water partition coefficient (Wildman–Crippen LogP) is 6.25. The molecule has 1 unspecified atom stereocenters. The van der Waals surface area contributed by atoms with Crippen molar-refractivity contribution in [3.8, 4) is 22.4 Å². The van der Waals surface area contributed by atoms with Crippen LogP contribution in [-0.4, -0.2) is 38.5 Å². The van der Waals surface area contributed by atoms with Crippen LogP contribution >= 0.6 is 0 Å². The molecule has 3 heterocycles. The van der Waals surface area contributed by atoms with Crippen molar-refractivity contribution < 1.29 is 13.9 Å². The second kappa shape index (κ2) is 10.2. The van der Waals surface area contributed by atoms with E-state index in [9.17, 15) is 9.18 Å². The molecule has 1 atom stereocenters. The molecule has 0 spiro atoms. The first-order valence-corrected chi connectivity index (χ1v) is 12.7. The Morgan fingerprint density at radius 1 is 1.08 bits per heavy atom. The number of ether oxygens (including phenoxy) is 1. The van der Waals surface area contributed by atoms with E-state index >= 15 is 0 Å². The molecule has 0 aliphatic rings. The molecule has 3 aromatic heterocycles. The number of rotatable bonds is 6. The van der Waals surface area contributed by atoms with Gasteiger partial charge in [-0.2, -0.15) is 9.78 Å². The highest BCUT2D eigenvalue weighted by Crippen LogP contribution is 2.33.